The third kappa shape index (κ3) is 5.54. The number of para-hydroxylation sites is 1. The number of piperidine rings is 1. The molecule has 1 N–H and O–H groups in total. The fraction of sp³-hybridized carbons (Fsp3) is 0.531. The number of ether oxygens (including phenoxy) is 1. The number of rotatable bonds is 9. The van der Waals surface area contributed by atoms with Crippen LogP contribution in [0.4, 0.5) is 0 Å². The number of nitrogens with one attached hydrogen (secondary N) is 1. The van der Waals surface area contributed by atoms with E-state index in [-0.39, 0.29) is 35.1 Å². The van der Waals surface area contributed by atoms with Gasteiger partial charge in [0.2, 0.25) is 5.91 Å². The van der Waals surface area contributed by atoms with Crippen molar-refractivity contribution >= 4 is 22.6 Å². The Balaban J connectivity index is 1.57. The van der Waals surface area contributed by atoms with Crippen LogP contribution < -0.4 is 10.3 Å². The quantitative estimate of drug-likeness (QED) is 0.342. The maximum Gasteiger partial charge on any atom is 0.255 e. The van der Waals surface area contributed by atoms with E-state index in [1.165, 1.54) is 0 Å². The maximum absolute atomic E-state index is 13.7. The van der Waals surface area contributed by atoms with Crippen molar-refractivity contribution in [1.82, 2.24) is 14.5 Å². The van der Waals surface area contributed by atoms with Crippen molar-refractivity contribution in [3.8, 4) is 5.75 Å². The van der Waals surface area contributed by atoms with Gasteiger partial charge in [-0.3, -0.25) is 14.4 Å². The summed E-state index contributed by atoms with van der Waals surface area (Å²) in [5.41, 5.74) is 3.44. The zero-order chi connectivity index (χ0) is 28.5. The summed E-state index contributed by atoms with van der Waals surface area (Å²) < 4.78 is 7.75. The van der Waals surface area contributed by atoms with E-state index in [0.29, 0.717) is 23.7 Å². The van der Waals surface area contributed by atoms with Gasteiger partial charge in [0.25, 0.3) is 5.56 Å². The Morgan fingerprint density at radius 1 is 1.15 bits per heavy atom. The van der Waals surface area contributed by atoms with Gasteiger partial charge in [-0.05, 0) is 64.5 Å². The summed E-state index contributed by atoms with van der Waals surface area (Å²) in [6.45, 7) is 13.8. The number of benzene rings is 1. The molecule has 0 saturated carbocycles. The smallest absolute Gasteiger partial charge is 0.255 e. The summed E-state index contributed by atoms with van der Waals surface area (Å²) in [5.74, 6) is 1.20. The van der Waals surface area contributed by atoms with Gasteiger partial charge in [-0.15, -0.1) is 0 Å². The highest BCUT2D eigenvalue weighted by Gasteiger charge is 2.35. The summed E-state index contributed by atoms with van der Waals surface area (Å²) in [6.07, 6.45) is 3.25. The van der Waals surface area contributed by atoms with Crippen LogP contribution >= 0.6 is 0 Å². The zero-order valence-corrected chi connectivity index (χ0v) is 24.5. The molecular weight excluding hydrogens is 490 g/mol. The van der Waals surface area contributed by atoms with Crippen molar-refractivity contribution in [2.24, 2.45) is 11.3 Å². The number of hydrogen-bond acceptors (Lipinski definition) is 4. The number of aryl methyl sites for hydroxylation is 1. The summed E-state index contributed by atoms with van der Waals surface area (Å²) in [4.78, 5) is 44.1. The molecule has 3 aromatic rings. The van der Waals surface area contributed by atoms with Crippen molar-refractivity contribution in [1.29, 1.82) is 0 Å². The molecule has 0 aliphatic carbocycles. The van der Waals surface area contributed by atoms with Crippen LogP contribution in [0.1, 0.15) is 86.7 Å². The average molecular weight is 534 g/mol. The van der Waals surface area contributed by atoms with Gasteiger partial charge in [0.1, 0.15) is 5.75 Å². The average Bonchev–Trinajstić information content (AvgIpc) is 3.22. The molecule has 0 spiro atoms. The molecule has 7 nitrogen and oxygen atoms in total. The second-order valence-electron chi connectivity index (χ2n) is 11.7. The SMILES string of the molecule is CCC(C)(C)C(=O)N1CCC([C@@H](C)n2c(C)c(C(=O)CCc3c(OC)cc(C)[nH]c3=O)c3ccccc32)CC1. The Hall–Kier alpha value is -3.35. The number of fused-ring (bicyclic) bond motifs is 1. The topological polar surface area (TPSA) is 84.4 Å². The van der Waals surface area contributed by atoms with E-state index in [1.807, 2.05) is 50.8 Å². The van der Waals surface area contributed by atoms with Crippen LogP contribution in [0, 0.1) is 25.2 Å². The summed E-state index contributed by atoms with van der Waals surface area (Å²) in [5, 5.41) is 0.953. The minimum Gasteiger partial charge on any atom is -0.496 e. The minimum atomic E-state index is -0.325. The number of aromatic nitrogens is 2. The van der Waals surface area contributed by atoms with Crippen LogP contribution in [0.5, 0.6) is 5.75 Å². The molecule has 4 rings (SSSR count). The molecule has 210 valence electrons. The molecule has 1 aliphatic heterocycles. The Kier molecular flexibility index (Phi) is 8.38. The van der Waals surface area contributed by atoms with Gasteiger partial charge in [0.15, 0.2) is 5.78 Å². The van der Waals surface area contributed by atoms with Gasteiger partial charge in [0.05, 0.1) is 12.7 Å². The second-order valence-corrected chi connectivity index (χ2v) is 11.7. The van der Waals surface area contributed by atoms with Crippen molar-refractivity contribution in [2.45, 2.75) is 79.7 Å². The number of carbonyl (C=O) groups is 2. The number of carbonyl (C=O) groups excluding carboxylic acids is 2. The van der Waals surface area contributed by atoms with Crippen LogP contribution in [-0.2, 0) is 11.2 Å². The number of ketones is 1. The first kappa shape index (κ1) is 28.7. The highest BCUT2D eigenvalue weighted by molar-refractivity contribution is 6.09. The maximum atomic E-state index is 13.7. The number of amides is 1. The molecule has 1 aromatic carbocycles. The van der Waals surface area contributed by atoms with E-state index >= 15 is 0 Å². The molecular formula is C32H43N3O4. The molecule has 0 radical (unpaired) electrons. The van der Waals surface area contributed by atoms with Gasteiger partial charge in [-0.2, -0.15) is 0 Å². The Bertz CT molecular complexity index is 1420. The van der Waals surface area contributed by atoms with Crippen molar-refractivity contribution < 1.29 is 14.3 Å². The molecule has 0 unspecified atom stereocenters. The van der Waals surface area contributed by atoms with Gasteiger partial charge in [-0.1, -0.05) is 39.0 Å². The lowest BCUT2D eigenvalue weighted by atomic mass is 9.85. The first-order chi connectivity index (χ1) is 18.5. The highest BCUT2D eigenvalue weighted by atomic mass is 16.5. The van der Waals surface area contributed by atoms with E-state index < -0.39 is 0 Å². The number of methoxy groups -OCH3 is 1. The number of Topliss-reactive ketones (excluding diaryl/α,β-unsaturated/α-hetero) is 1. The van der Waals surface area contributed by atoms with Crippen molar-refractivity contribution in [2.75, 3.05) is 20.2 Å². The lowest BCUT2D eigenvalue weighted by Gasteiger charge is -2.39. The van der Waals surface area contributed by atoms with E-state index in [4.69, 9.17) is 4.74 Å². The van der Waals surface area contributed by atoms with E-state index in [1.54, 1.807) is 13.2 Å². The molecule has 1 fully saturated rings. The van der Waals surface area contributed by atoms with E-state index in [9.17, 15) is 14.4 Å². The molecule has 1 atom stereocenters. The number of aromatic amines is 1. The third-order valence-electron chi connectivity index (χ3n) is 8.87. The lowest BCUT2D eigenvalue weighted by molar-refractivity contribution is -0.142. The molecule has 1 aliphatic rings. The second kappa shape index (κ2) is 11.4. The first-order valence-corrected chi connectivity index (χ1v) is 14.2. The number of likely N-dealkylation sites (tertiary alicyclic amines) is 1. The van der Waals surface area contributed by atoms with Crippen LogP contribution in [0.3, 0.4) is 0 Å². The van der Waals surface area contributed by atoms with Crippen LogP contribution in [0.25, 0.3) is 10.9 Å². The summed E-state index contributed by atoms with van der Waals surface area (Å²) in [7, 11) is 1.55. The fourth-order valence-corrected chi connectivity index (χ4v) is 6.11. The molecule has 2 aromatic heterocycles. The van der Waals surface area contributed by atoms with Crippen molar-refractivity contribution in [3.63, 3.8) is 0 Å². The van der Waals surface area contributed by atoms with Crippen LogP contribution in [-0.4, -0.2) is 46.3 Å². The van der Waals surface area contributed by atoms with Crippen LogP contribution in [0.15, 0.2) is 35.1 Å². The van der Waals surface area contributed by atoms with Gasteiger partial charge < -0.3 is 19.2 Å². The molecule has 3 heterocycles. The standard InChI is InChI=1S/C32H43N3O4/c1-8-32(5,6)31(38)34-17-15-23(16-18-34)21(3)35-22(4)29(24-11-9-10-12-26(24)35)27(36)14-13-25-28(39-7)19-20(2)33-30(25)37/h9-12,19,21,23H,8,13-18H2,1-7H3,(H,33,37)/t21-/m1/s1. The molecule has 39 heavy (non-hydrogen) atoms. The number of hydrogen-bond donors (Lipinski definition) is 1. The fourth-order valence-electron chi connectivity index (χ4n) is 6.11. The summed E-state index contributed by atoms with van der Waals surface area (Å²) >= 11 is 0. The Morgan fingerprint density at radius 3 is 2.46 bits per heavy atom. The van der Waals surface area contributed by atoms with Gasteiger partial charge in [-0.25, -0.2) is 0 Å². The molecule has 7 heteroatoms. The van der Waals surface area contributed by atoms with Crippen LogP contribution in [0.2, 0.25) is 0 Å². The predicted molar refractivity (Wildman–Crippen MR) is 156 cm³/mol. The van der Waals surface area contributed by atoms with Crippen molar-refractivity contribution in [3.05, 3.63) is 63.2 Å². The van der Waals surface area contributed by atoms with Gasteiger partial charge in [0, 0.05) is 58.8 Å². The zero-order valence-electron chi connectivity index (χ0n) is 24.5. The highest BCUT2D eigenvalue weighted by Crippen LogP contribution is 2.37. The lowest BCUT2D eigenvalue weighted by Crippen LogP contribution is -2.45. The number of nitrogens with zero attached hydrogens (tertiary/aromatic N) is 2. The third-order valence-corrected chi connectivity index (χ3v) is 8.87. The summed E-state index contributed by atoms with van der Waals surface area (Å²) in [6, 6.07) is 10.1. The van der Waals surface area contributed by atoms with E-state index in [0.717, 1.165) is 60.2 Å². The largest absolute Gasteiger partial charge is 0.496 e. The number of pyridine rings is 1. The molecule has 1 saturated heterocycles. The minimum absolute atomic E-state index is 0.0268. The normalized spacial score (nSPS) is 15.5. The predicted octanol–water partition coefficient (Wildman–Crippen LogP) is 6.01. The Labute approximate surface area is 231 Å². The van der Waals surface area contributed by atoms with E-state index in [2.05, 4.69) is 29.5 Å². The first-order valence-electron chi connectivity index (χ1n) is 14.2. The van der Waals surface area contributed by atoms with Gasteiger partial charge >= 0.3 is 0 Å². The molecule has 0 bridgehead atoms. The monoisotopic (exact) mass is 533 g/mol. The number of H-pyrrole nitrogens is 1. The molecule has 1 amide bonds. The Morgan fingerprint density at radius 2 is 1.82 bits per heavy atom.